The summed E-state index contributed by atoms with van der Waals surface area (Å²) in [6.45, 7) is -0.189. The van der Waals surface area contributed by atoms with E-state index < -0.39 is 44.0 Å². The van der Waals surface area contributed by atoms with Gasteiger partial charge in [0.2, 0.25) is 0 Å². The molecule has 0 aromatic heterocycles. The number of benzene rings is 2. The molecule has 2 aromatic rings. The summed E-state index contributed by atoms with van der Waals surface area (Å²) in [5.41, 5.74) is -1.55. The Labute approximate surface area is 199 Å². The van der Waals surface area contributed by atoms with E-state index in [1.54, 1.807) is 0 Å². The highest BCUT2D eigenvalue weighted by Crippen LogP contribution is 2.53. The van der Waals surface area contributed by atoms with Crippen LogP contribution < -0.4 is 5.32 Å². The van der Waals surface area contributed by atoms with Crippen LogP contribution in [0, 0.1) is 29.3 Å². The van der Waals surface area contributed by atoms with Gasteiger partial charge in [0.05, 0.1) is 20.8 Å². The monoisotopic (exact) mass is 517 g/mol. The van der Waals surface area contributed by atoms with Gasteiger partial charge in [0.15, 0.2) is 27.3 Å². The normalized spacial score (nSPS) is 26.5. The highest BCUT2D eigenvalue weighted by atomic mass is 35.5. The number of hydrogen-bond acceptors (Lipinski definition) is 5. The van der Waals surface area contributed by atoms with Crippen LogP contribution >= 0.6 is 11.6 Å². The Morgan fingerprint density at radius 2 is 1.68 bits per heavy atom. The van der Waals surface area contributed by atoms with Gasteiger partial charge >= 0.3 is 0 Å². The molecule has 6 nitrogen and oxygen atoms in total. The summed E-state index contributed by atoms with van der Waals surface area (Å²) >= 11 is 6.18. The number of hydrogen-bond donors (Lipinski definition) is 3. The molecule has 0 spiro atoms. The van der Waals surface area contributed by atoms with Gasteiger partial charge in [0.1, 0.15) is 0 Å². The molecule has 2 saturated carbocycles. The molecule has 11 heteroatoms. The molecule has 184 valence electrons. The zero-order valence-electron chi connectivity index (χ0n) is 17.9. The zero-order chi connectivity index (χ0) is 24.8. The number of aliphatic hydroxyl groups excluding tert-OH is 1. The lowest BCUT2D eigenvalue weighted by atomic mass is 9.72. The Hall–Kier alpha value is -2.14. The van der Waals surface area contributed by atoms with E-state index in [0.29, 0.717) is 25.0 Å². The molecule has 0 aliphatic heterocycles. The van der Waals surface area contributed by atoms with E-state index in [-0.39, 0.29) is 58.9 Å². The molecule has 3 N–H and O–H groups in total. The third-order valence-electron chi connectivity index (χ3n) is 7.07. The molecular weight excluding hydrogens is 495 g/mol. The summed E-state index contributed by atoms with van der Waals surface area (Å²) in [5.74, 6) is -6.05. The van der Waals surface area contributed by atoms with Crippen LogP contribution in [0.4, 0.5) is 18.9 Å². The van der Waals surface area contributed by atoms with Gasteiger partial charge in [-0.2, -0.15) is 0 Å². The van der Waals surface area contributed by atoms with E-state index in [0.717, 1.165) is 6.07 Å². The van der Waals surface area contributed by atoms with Crippen molar-refractivity contribution in [2.75, 3.05) is 11.9 Å². The first-order valence-electron chi connectivity index (χ1n) is 10.8. The minimum atomic E-state index is -3.99. The van der Waals surface area contributed by atoms with Crippen molar-refractivity contribution in [3.63, 3.8) is 0 Å². The Morgan fingerprint density at radius 1 is 1.09 bits per heavy atom. The average Bonchev–Trinajstić information content (AvgIpc) is 2.93. The number of halogens is 4. The molecule has 2 aliphatic carbocycles. The quantitative estimate of drug-likeness (QED) is 0.501. The van der Waals surface area contributed by atoms with Gasteiger partial charge in [0, 0.05) is 30.0 Å². The largest absolute Gasteiger partial charge is 0.396 e. The van der Waals surface area contributed by atoms with Gasteiger partial charge in [-0.3, -0.25) is 4.79 Å². The zero-order valence-corrected chi connectivity index (χ0v) is 19.5. The van der Waals surface area contributed by atoms with E-state index in [2.05, 4.69) is 5.32 Å². The van der Waals surface area contributed by atoms with Crippen LogP contribution in [-0.4, -0.2) is 42.0 Å². The van der Waals surface area contributed by atoms with Crippen molar-refractivity contribution in [1.29, 1.82) is 0 Å². The van der Waals surface area contributed by atoms with Gasteiger partial charge in [-0.05, 0) is 62.1 Å². The second-order valence-corrected chi connectivity index (χ2v) is 11.5. The predicted octanol–water partition coefficient (Wildman–Crippen LogP) is 4.09. The number of carbonyl (C=O) groups is 1. The fraction of sp³-hybridized carbons (Fsp3) is 0.435. The van der Waals surface area contributed by atoms with Crippen molar-refractivity contribution in [2.45, 2.75) is 47.9 Å². The van der Waals surface area contributed by atoms with E-state index >= 15 is 0 Å². The summed E-state index contributed by atoms with van der Waals surface area (Å²) in [6, 6.07) is 4.82. The fourth-order valence-corrected chi connectivity index (χ4v) is 7.73. The van der Waals surface area contributed by atoms with E-state index in [1.807, 2.05) is 0 Å². The molecule has 2 atom stereocenters. The number of carbonyl (C=O) groups excluding carboxylic acids is 1. The van der Waals surface area contributed by atoms with E-state index in [4.69, 9.17) is 11.6 Å². The number of fused-ring (bicyclic) bond motifs is 2. The molecule has 2 unspecified atom stereocenters. The Morgan fingerprint density at radius 3 is 2.24 bits per heavy atom. The third-order valence-corrected chi connectivity index (χ3v) is 9.72. The number of aliphatic hydroxyl groups is 2. The number of anilines is 1. The molecule has 1 amide bonds. The molecule has 2 fully saturated rings. The van der Waals surface area contributed by atoms with E-state index in [1.165, 1.54) is 12.1 Å². The SMILES string of the molecule is O=C(Nc1cc(F)c(F)c(F)c1)c1ccc(Cl)c(S(=O)(=O)C2CC3CCC(C2)C3(O)CCO)c1. The molecule has 0 saturated heterocycles. The Balaban J connectivity index is 1.59. The summed E-state index contributed by atoms with van der Waals surface area (Å²) in [6.07, 6.45) is 1.92. The molecular formula is C23H23ClF3NO5S. The standard InChI is InChI=1S/C23H23ClF3NO5S/c24-17-4-1-12(22(30)28-15-10-18(25)21(27)19(26)11-15)7-20(17)34(32,33)16-8-13-2-3-14(9-16)23(13,31)5-6-29/h1,4,7,10-11,13-14,16,29,31H,2-3,5-6,8-9H2,(H,28,30). The van der Waals surface area contributed by atoms with Gasteiger partial charge < -0.3 is 15.5 Å². The van der Waals surface area contributed by atoms with Crippen LogP contribution in [0.25, 0.3) is 0 Å². The smallest absolute Gasteiger partial charge is 0.255 e. The van der Waals surface area contributed by atoms with Crippen LogP contribution in [0.15, 0.2) is 35.2 Å². The lowest BCUT2D eigenvalue weighted by Gasteiger charge is -2.42. The minimum absolute atomic E-state index is 0.0843. The second-order valence-electron chi connectivity index (χ2n) is 8.93. The van der Waals surface area contributed by atoms with Gasteiger partial charge in [-0.15, -0.1) is 0 Å². The van der Waals surface area contributed by atoms with Gasteiger partial charge in [0.25, 0.3) is 5.91 Å². The summed E-state index contributed by atoms with van der Waals surface area (Å²) in [5, 5.41) is 21.6. The highest BCUT2D eigenvalue weighted by molar-refractivity contribution is 7.92. The molecule has 0 heterocycles. The van der Waals surface area contributed by atoms with Gasteiger partial charge in [-0.25, -0.2) is 21.6 Å². The van der Waals surface area contributed by atoms with Crippen molar-refractivity contribution >= 4 is 33.0 Å². The summed E-state index contributed by atoms with van der Waals surface area (Å²) < 4.78 is 67.0. The first-order chi connectivity index (χ1) is 16.0. The minimum Gasteiger partial charge on any atom is -0.396 e. The molecule has 34 heavy (non-hydrogen) atoms. The second kappa shape index (κ2) is 9.14. The van der Waals surface area contributed by atoms with Crippen molar-refractivity contribution in [1.82, 2.24) is 0 Å². The van der Waals surface area contributed by atoms with Crippen molar-refractivity contribution in [2.24, 2.45) is 11.8 Å². The number of rotatable bonds is 6. The lowest BCUT2D eigenvalue weighted by Crippen LogP contribution is -2.48. The molecule has 2 aromatic carbocycles. The van der Waals surface area contributed by atoms with Crippen LogP contribution in [0.2, 0.25) is 5.02 Å². The summed E-state index contributed by atoms with van der Waals surface area (Å²) in [7, 11) is -3.99. The Bertz CT molecular complexity index is 1200. The number of nitrogens with one attached hydrogen (secondary N) is 1. The number of amides is 1. The topological polar surface area (TPSA) is 104 Å². The first-order valence-corrected chi connectivity index (χ1v) is 12.7. The van der Waals surface area contributed by atoms with Crippen LogP contribution in [0.1, 0.15) is 42.5 Å². The van der Waals surface area contributed by atoms with Crippen molar-refractivity contribution in [3.05, 3.63) is 58.4 Å². The Kier molecular flexibility index (Phi) is 6.71. The molecule has 2 bridgehead atoms. The van der Waals surface area contributed by atoms with Crippen LogP contribution in [-0.2, 0) is 9.84 Å². The third kappa shape index (κ3) is 4.32. The average molecular weight is 518 g/mol. The molecule has 4 rings (SSSR count). The van der Waals surface area contributed by atoms with Crippen molar-refractivity contribution < 1.29 is 36.6 Å². The van der Waals surface area contributed by atoms with Crippen molar-refractivity contribution in [3.8, 4) is 0 Å². The van der Waals surface area contributed by atoms with Gasteiger partial charge in [-0.1, -0.05) is 11.6 Å². The molecule has 2 aliphatic rings. The molecule has 0 radical (unpaired) electrons. The fourth-order valence-electron chi connectivity index (χ4n) is 5.32. The van der Waals surface area contributed by atoms with Crippen LogP contribution in [0.3, 0.4) is 0 Å². The maximum Gasteiger partial charge on any atom is 0.255 e. The van der Waals surface area contributed by atoms with Crippen LogP contribution in [0.5, 0.6) is 0 Å². The number of sulfone groups is 1. The maximum absolute atomic E-state index is 13.5. The van der Waals surface area contributed by atoms with E-state index in [9.17, 15) is 36.6 Å². The highest BCUT2D eigenvalue weighted by Gasteiger charge is 2.55. The lowest BCUT2D eigenvalue weighted by molar-refractivity contribution is -0.0734. The summed E-state index contributed by atoms with van der Waals surface area (Å²) in [4.78, 5) is 12.4. The predicted molar refractivity (Wildman–Crippen MR) is 119 cm³/mol. The first kappa shape index (κ1) is 25.0. The maximum atomic E-state index is 13.5.